The predicted octanol–water partition coefficient (Wildman–Crippen LogP) is 6.98. The molecule has 0 saturated carbocycles. The van der Waals surface area contributed by atoms with Gasteiger partial charge in [-0.2, -0.15) is 8.42 Å². The SMILES string of the molecule is Fc1c[c-]c(-c2ccccn2)c(F)c1.Fc1c[c-]c(-c2ccccn2)c(F)c1.O=C(CCCC(=O)NC(CS(=O)(=O)O)C(=O)NCCCCC(=O)ON1C(=O)CCC1=O)Cc1ccnc2c1ccc1cccnc12.[Ir]. The van der Waals surface area contributed by atoms with E-state index in [0.29, 0.717) is 22.0 Å². The molecule has 23 heteroatoms. The van der Waals surface area contributed by atoms with Gasteiger partial charge in [0.1, 0.15) is 17.6 Å². The number of fused-ring (bicyclic) bond motifs is 3. The van der Waals surface area contributed by atoms with Crippen LogP contribution in [-0.4, -0.2) is 91.7 Å². The van der Waals surface area contributed by atoms with Crippen LogP contribution in [0, 0.1) is 35.4 Å². The second-order valence-corrected chi connectivity index (χ2v) is 17.7. The van der Waals surface area contributed by atoms with Crippen LogP contribution in [0.4, 0.5) is 17.6 Å². The van der Waals surface area contributed by atoms with Crippen molar-refractivity contribution in [2.45, 2.75) is 63.8 Å². The first kappa shape index (κ1) is 58.2. The molecule has 4 amide bonds. The summed E-state index contributed by atoms with van der Waals surface area (Å²) < 4.78 is 83.8. The van der Waals surface area contributed by atoms with E-state index in [1.54, 1.807) is 67.3 Å². The Labute approximate surface area is 440 Å². The minimum atomic E-state index is -4.64. The van der Waals surface area contributed by atoms with E-state index in [9.17, 15) is 59.3 Å². The number of hydrogen-bond donors (Lipinski definition) is 3. The number of hydroxylamine groups is 2. The maximum absolute atomic E-state index is 13.2. The van der Waals surface area contributed by atoms with Crippen molar-refractivity contribution in [2.24, 2.45) is 0 Å². The molecule has 17 nitrogen and oxygen atoms in total. The molecule has 4 aromatic heterocycles. The molecule has 7 aromatic rings. The van der Waals surface area contributed by atoms with Gasteiger partial charge in [-0.15, -0.1) is 29.3 Å². The van der Waals surface area contributed by atoms with E-state index < -0.39 is 74.8 Å². The van der Waals surface area contributed by atoms with Crippen LogP contribution in [0.2, 0.25) is 0 Å². The van der Waals surface area contributed by atoms with Crippen LogP contribution in [0.25, 0.3) is 44.3 Å². The van der Waals surface area contributed by atoms with Crippen LogP contribution < -0.4 is 10.6 Å². The van der Waals surface area contributed by atoms with Gasteiger partial charge in [0.2, 0.25) is 11.8 Å². The molecular formula is C52H45F4IrN7O10S-2. The Bertz CT molecular complexity index is 3170. The van der Waals surface area contributed by atoms with Gasteiger partial charge in [-0.25, -0.2) is 4.79 Å². The third-order valence-electron chi connectivity index (χ3n) is 10.7. The van der Waals surface area contributed by atoms with E-state index in [2.05, 4.69) is 42.7 Å². The topological polar surface area (TPSA) is 245 Å². The standard InChI is InChI=1S/C30H33N5O10S.2C11H6F2N.Ir/c36-21(17-20-13-16-32-29-22(20)10-9-19-5-4-15-31-28(19)29)6-3-7-24(37)34-23(18-46(42,43)44)30(41)33-14-2-1-8-27(40)45-35-25(38)11-12-26(35)39;2*12-8-4-5-9(10(13)7-8)11-3-1-2-6-14-11;/h4-5,9-10,13,15-16,23H,1-3,6-8,11-12,14,17-18H2,(H,33,41)(H,34,37)(H,42,43,44);2*1-4,6-7H;/q;2*-1;. The third-order valence-corrected chi connectivity index (χ3v) is 11.5. The number of imide groups is 1. The van der Waals surface area contributed by atoms with Crippen LogP contribution >= 0.6 is 0 Å². The molecular weight excluding hydrogens is 1180 g/mol. The van der Waals surface area contributed by atoms with Crippen molar-refractivity contribution in [3.63, 3.8) is 0 Å². The van der Waals surface area contributed by atoms with Gasteiger partial charge in [0, 0.05) is 124 Å². The zero-order chi connectivity index (χ0) is 53.2. The summed E-state index contributed by atoms with van der Waals surface area (Å²) in [4.78, 5) is 94.2. The van der Waals surface area contributed by atoms with Crippen LogP contribution in [-0.2, 0) is 70.2 Å². The summed E-state index contributed by atoms with van der Waals surface area (Å²) in [7, 11) is -4.64. The molecule has 1 aliphatic rings. The quantitative estimate of drug-likeness (QED) is 0.0196. The van der Waals surface area contributed by atoms with E-state index in [4.69, 9.17) is 4.84 Å². The molecule has 1 radical (unpaired) electrons. The molecule has 3 aromatic carbocycles. The summed E-state index contributed by atoms with van der Waals surface area (Å²) in [5, 5.41) is 6.88. The number of benzene rings is 3. The number of unbranched alkanes of at least 4 members (excludes halogenated alkanes) is 1. The van der Waals surface area contributed by atoms with Gasteiger partial charge in [0.05, 0.1) is 11.0 Å². The Kier molecular flexibility index (Phi) is 21.8. The van der Waals surface area contributed by atoms with E-state index in [1.807, 2.05) is 24.3 Å². The summed E-state index contributed by atoms with van der Waals surface area (Å²) in [6.45, 7) is -0.00438. The average Bonchev–Trinajstić information content (AvgIpc) is 3.68. The first-order valence-corrected chi connectivity index (χ1v) is 24.3. The summed E-state index contributed by atoms with van der Waals surface area (Å²) in [6.07, 6.45) is 6.77. The van der Waals surface area contributed by atoms with Gasteiger partial charge in [0.15, 0.2) is 0 Å². The van der Waals surface area contributed by atoms with Crippen molar-refractivity contribution < 1.29 is 84.2 Å². The summed E-state index contributed by atoms with van der Waals surface area (Å²) in [5.41, 5.74) is 3.45. The average molecular weight is 1230 g/mol. The Balaban J connectivity index is 0.000000287. The molecule has 0 spiro atoms. The molecule has 8 rings (SSSR count). The second kappa shape index (κ2) is 28.1. The number of nitrogens with zero attached hydrogens (tertiary/aromatic N) is 5. The molecule has 1 aliphatic heterocycles. The van der Waals surface area contributed by atoms with E-state index in [0.717, 1.165) is 46.1 Å². The summed E-state index contributed by atoms with van der Waals surface area (Å²) in [6, 6.07) is 26.8. The van der Waals surface area contributed by atoms with Crippen molar-refractivity contribution >= 4 is 67.3 Å². The van der Waals surface area contributed by atoms with Gasteiger partial charge in [-0.3, -0.25) is 56.1 Å². The molecule has 75 heavy (non-hydrogen) atoms. The van der Waals surface area contributed by atoms with Crippen molar-refractivity contribution in [2.75, 3.05) is 12.3 Å². The van der Waals surface area contributed by atoms with Crippen LogP contribution in [0.1, 0.15) is 56.9 Å². The first-order chi connectivity index (χ1) is 35.4. The van der Waals surface area contributed by atoms with Gasteiger partial charge >= 0.3 is 5.97 Å². The number of carbonyl (C=O) groups excluding carboxylic acids is 6. The number of carbonyl (C=O) groups is 6. The molecule has 5 heterocycles. The van der Waals surface area contributed by atoms with E-state index in [1.165, 1.54) is 0 Å². The Hall–Kier alpha value is -7.72. The van der Waals surface area contributed by atoms with E-state index in [-0.39, 0.29) is 101 Å². The molecule has 0 bridgehead atoms. The number of Topliss-reactive ketones (excluding diaryl/α,β-unsaturated/α-hetero) is 1. The molecule has 1 saturated heterocycles. The fourth-order valence-corrected chi connectivity index (χ4v) is 7.87. The zero-order valence-electron chi connectivity index (χ0n) is 39.4. The minimum Gasteiger partial charge on any atom is -0.354 e. The molecule has 0 aliphatic carbocycles. The number of amides is 4. The van der Waals surface area contributed by atoms with Crippen LogP contribution in [0.3, 0.4) is 0 Å². The fraction of sp³-hybridized carbons (Fsp3) is 0.231. The number of nitrogens with one attached hydrogen (secondary N) is 2. The van der Waals surface area contributed by atoms with Crippen molar-refractivity contribution in [1.29, 1.82) is 0 Å². The number of ketones is 1. The number of hydrogen-bond acceptors (Lipinski definition) is 13. The Morgan fingerprint density at radius 1 is 0.707 bits per heavy atom. The molecule has 1 atom stereocenters. The van der Waals surface area contributed by atoms with Gasteiger partial charge in [-0.05, 0) is 60.5 Å². The number of aromatic nitrogens is 4. The Morgan fingerprint density at radius 3 is 1.88 bits per heavy atom. The van der Waals surface area contributed by atoms with E-state index >= 15 is 0 Å². The number of pyridine rings is 4. The van der Waals surface area contributed by atoms with Crippen molar-refractivity contribution in [3.05, 3.63) is 157 Å². The smallest absolute Gasteiger partial charge is 0.333 e. The largest absolute Gasteiger partial charge is 0.354 e. The minimum absolute atomic E-state index is 0. The molecule has 1 unspecified atom stereocenters. The molecule has 393 valence electrons. The maximum atomic E-state index is 13.2. The maximum Gasteiger partial charge on any atom is 0.333 e. The van der Waals surface area contributed by atoms with Crippen LogP contribution in [0.5, 0.6) is 0 Å². The zero-order valence-corrected chi connectivity index (χ0v) is 42.6. The first-order valence-electron chi connectivity index (χ1n) is 22.7. The monoisotopic (exact) mass is 1230 g/mol. The summed E-state index contributed by atoms with van der Waals surface area (Å²) in [5.74, 6) is -7.32. The van der Waals surface area contributed by atoms with Gasteiger partial charge < -0.3 is 25.4 Å². The number of halogens is 4. The van der Waals surface area contributed by atoms with Gasteiger partial charge in [0.25, 0.3) is 21.9 Å². The van der Waals surface area contributed by atoms with Crippen molar-refractivity contribution in [1.82, 2.24) is 35.6 Å². The van der Waals surface area contributed by atoms with Crippen molar-refractivity contribution in [3.8, 4) is 22.5 Å². The second-order valence-electron chi connectivity index (χ2n) is 16.2. The fourth-order valence-electron chi connectivity index (χ4n) is 7.21. The normalized spacial score (nSPS) is 12.4. The molecule has 1 fully saturated rings. The summed E-state index contributed by atoms with van der Waals surface area (Å²) >= 11 is 0. The molecule has 3 N–H and O–H groups in total. The third kappa shape index (κ3) is 17.7. The Morgan fingerprint density at radius 2 is 1.31 bits per heavy atom. The number of rotatable bonds is 18. The predicted molar refractivity (Wildman–Crippen MR) is 259 cm³/mol. The van der Waals surface area contributed by atoms with Crippen LogP contribution in [0.15, 0.2) is 116 Å². The van der Waals surface area contributed by atoms with Gasteiger partial charge in [-0.1, -0.05) is 65.7 Å².